The smallest absolute Gasteiger partial charge is 0.00258 e. The SMILES string of the molecule is CC(C)CNCCC(C)Cc1cccc2ccccc12. The van der Waals surface area contributed by atoms with Crippen molar-refractivity contribution in [2.75, 3.05) is 13.1 Å². The van der Waals surface area contributed by atoms with Gasteiger partial charge in [0.25, 0.3) is 0 Å². The summed E-state index contributed by atoms with van der Waals surface area (Å²) in [5.41, 5.74) is 1.49. The molecule has 2 aromatic carbocycles. The monoisotopic (exact) mass is 269 g/mol. The summed E-state index contributed by atoms with van der Waals surface area (Å²) in [5, 5.41) is 6.31. The van der Waals surface area contributed by atoms with Gasteiger partial charge in [-0.2, -0.15) is 0 Å². The van der Waals surface area contributed by atoms with E-state index >= 15 is 0 Å². The van der Waals surface area contributed by atoms with Crippen LogP contribution in [0.5, 0.6) is 0 Å². The zero-order valence-corrected chi connectivity index (χ0v) is 13.0. The Balaban J connectivity index is 1.91. The van der Waals surface area contributed by atoms with Gasteiger partial charge in [0.1, 0.15) is 0 Å². The number of fused-ring (bicyclic) bond motifs is 1. The fraction of sp³-hybridized carbons (Fsp3) is 0.474. The third-order valence-corrected chi connectivity index (χ3v) is 3.81. The van der Waals surface area contributed by atoms with E-state index in [0.717, 1.165) is 24.9 Å². The zero-order chi connectivity index (χ0) is 14.4. The van der Waals surface area contributed by atoms with Gasteiger partial charge in [-0.3, -0.25) is 0 Å². The minimum absolute atomic E-state index is 0.723. The third kappa shape index (κ3) is 4.35. The summed E-state index contributed by atoms with van der Waals surface area (Å²) in [6.45, 7) is 9.13. The molecule has 2 aromatic rings. The largest absolute Gasteiger partial charge is 0.316 e. The lowest BCUT2D eigenvalue weighted by atomic mass is 9.94. The quantitative estimate of drug-likeness (QED) is 0.721. The van der Waals surface area contributed by atoms with Crippen molar-refractivity contribution in [3.05, 3.63) is 48.0 Å². The summed E-state index contributed by atoms with van der Waals surface area (Å²) in [5.74, 6) is 1.46. The maximum Gasteiger partial charge on any atom is -0.00258 e. The van der Waals surface area contributed by atoms with Gasteiger partial charge in [0.15, 0.2) is 0 Å². The van der Waals surface area contributed by atoms with Gasteiger partial charge in [-0.15, -0.1) is 0 Å². The summed E-state index contributed by atoms with van der Waals surface area (Å²) in [6.07, 6.45) is 2.42. The number of hydrogen-bond acceptors (Lipinski definition) is 1. The first-order valence-corrected chi connectivity index (χ1v) is 7.84. The molecule has 0 radical (unpaired) electrons. The number of hydrogen-bond donors (Lipinski definition) is 1. The lowest BCUT2D eigenvalue weighted by Gasteiger charge is -2.14. The van der Waals surface area contributed by atoms with Gasteiger partial charge in [0.05, 0.1) is 0 Å². The molecule has 0 aliphatic carbocycles. The molecule has 0 aliphatic heterocycles. The van der Waals surface area contributed by atoms with Crippen molar-refractivity contribution < 1.29 is 0 Å². The van der Waals surface area contributed by atoms with Crippen LogP contribution in [-0.4, -0.2) is 13.1 Å². The minimum Gasteiger partial charge on any atom is -0.316 e. The molecular weight excluding hydrogens is 242 g/mol. The van der Waals surface area contributed by atoms with Crippen LogP contribution in [0.2, 0.25) is 0 Å². The third-order valence-electron chi connectivity index (χ3n) is 3.81. The molecule has 0 fully saturated rings. The van der Waals surface area contributed by atoms with Gasteiger partial charge in [0.2, 0.25) is 0 Å². The Morgan fingerprint density at radius 2 is 1.70 bits per heavy atom. The Labute approximate surface area is 123 Å². The fourth-order valence-corrected chi connectivity index (χ4v) is 2.69. The van der Waals surface area contributed by atoms with Gasteiger partial charge in [-0.25, -0.2) is 0 Å². The van der Waals surface area contributed by atoms with Crippen molar-refractivity contribution in [1.29, 1.82) is 0 Å². The molecule has 20 heavy (non-hydrogen) atoms. The molecule has 1 heteroatoms. The average Bonchev–Trinajstić information content (AvgIpc) is 2.44. The summed E-state index contributed by atoms with van der Waals surface area (Å²) < 4.78 is 0. The molecule has 0 amide bonds. The first kappa shape index (κ1) is 15.1. The fourth-order valence-electron chi connectivity index (χ4n) is 2.69. The molecule has 1 nitrogen and oxygen atoms in total. The summed E-state index contributed by atoms with van der Waals surface area (Å²) >= 11 is 0. The van der Waals surface area contributed by atoms with Crippen LogP contribution in [0.25, 0.3) is 10.8 Å². The van der Waals surface area contributed by atoms with Crippen molar-refractivity contribution in [3.63, 3.8) is 0 Å². The summed E-state index contributed by atoms with van der Waals surface area (Å²) in [6, 6.07) is 15.4. The lowest BCUT2D eigenvalue weighted by Crippen LogP contribution is -2.22. The minimum atomic E-state index is 0.723. The predicted octanol–water partition coefficient (Wildman–Crippen LogP) is 4.65. The van der Waals surface area contributed by atoms with Crippen molar-refractivity contribution in [2.45, 2.75) is 33.6 Å². The van der Waals surface area contributed by atoms with E-state index in [-0.39, 0.29) is 0 Å². The Morgan fingerprint density at radius 3 is 2.50 bits per heavy atom. The van der Waals surface area contributed by atoms with E-state index in [1.807, 2.05) is 0 Å². The molecule has 0 bridgehead atoms. The van der Waals surface area contributed by atoms with Crippen molar-refractivity contribution in [2.24, 2.45) is 11.8 Å². The van der Waals surface area contributed by atoms with E-state index in [2.05, 4.69) is 68.6 Å². The molecule has 1 N–H and O–H groups in total. The topological polar surface area (TPSA) is 12.0 Å². The second-order valence-electron chi connectivity index (χ2n) is 6.33. The standard InChI is InChI=1S/C19H27N/c1-15(2)14-20-12-11-16(3)13-18-9-6-8-17-7-4-5-10-19(17)18/h4-10,15-16,20H,11-14H2,1-3H3. The van der Waals surface area contributed by atoms with Gasteiger partial charge in [-0.1, -0.05) is 63.2 Å². The molecule has 0 aromatic heterocycles. The first-order valence-electron chi connectivity index (χ1n) is 7.84. The molecule has 0 spiro atoms. The van der Waals surface area contributed by atoms with Crippen molar-refractivity contribution in [1.82, 2.24) is 5.32 Å². The van der Waals surface area contributed by atoms with E-state index in [9.17, 15) is 0 Å². The molecule has 108 valence electrons. The Bertz CT molecular complexity index is 525. The molecule has 1 atom stereocenters. The van der Waals surface area contributed by atoms with Crippen LogP contribution in [0, 0.1) is 11.8 Å². The van der Waals surface area contributed by atoms with Gasteiger partial charge in [0, 0.05) is 0 Å². The molecule has 0 heterocycles. The van der Waals surface area contributed by atoms with Crippen LogP contribution in [0.4, 0.5) is 0 Å². The molecule has 2 rings (SSSR count). The maximum atomic E-state index is 3.54. The Morgan fingerprint density at radius 1 is 0.950 bits per heavy atom. The predicted molar refractivity (Wildman–Crippen MR) is 89.1 cm³/mol. The summed E-state index contributed by atoms with van der Waals surface area (Å²) in [4.78, 5) is 0. The second-order valence-corrected chi connectivity index (χ2v) is 6.33. The van der Waals surface area contributed by atoms with Crippen LogP contribution in [-0.2, 0) is 6.42 Å². The van der Waals surface area contributed by atoms with Gasteiger partial charge >= 0.3 is 0 Å². The number of benzene rings is 2. The molecule has 0 aliphatic rings. The Hall–Kier alpha value is -1.34. The van der Waals surface area contributed by atoms with Crippen molar-refractivity contribution >= 4 is 10.8 Å². The average molecular weight is 269 g/mol. The van der Waals surface area contributed by atoms with E-state index in [1.165, 1.54) is 29.2 Å². The lowest BCUT2D eigenvalue weighted by molar-refractivity contribution is 0.475. The number of nitrogens with one attached hydrogen (secondary N) is 1. The molecule has 0 saturated heterocycles. The van der Waals surface area contributed by atoms with Gasteiger partial charge < -0.3 is 5.32 Å². The van der Waals surface area contributed by atoms with Gasteiger partial charge in [-0.05, 0) is 54.1 Å². The number of rotatable bonds is 7. The maximum absolute atomic E-state index is 3.54. The first-order chi connectivity index (χ1) is 9.66. The van der Waals surface area contributed by atoms with E-state index < -0.39 is 0 Å². The van der Waals surface area contributed by atoms with Crippen LogP contribution in [0.15, 0.2) is 42.5 Å². The van der Waals surface area contributed by atoms with E-state index in [1.54, 1.807) is 0 Å². The normalized spacial score (nSPS) is 13.0. The van der Waals surface area contributed by atoms with E-state index in [4.69, 9.17) is 0 Å². The second kappa shape index (κ2) is 7.44. The Kier molecular flexibility index (Phi) is 5.60. The highest BCUT2D eigenvalue weighted by Gasteiger charge is 2.06. The van der Waals surface area contributed by atoms with Crippen LogP contribution in [0.1, 0.15) is 32.8 Å². The van der Waals surface area contributed by atoms with Crippen molar-refractivity contribution in [3.8, 4) is 0 Å². The summed E-state index contributed by atoms with van der Waals surface area (Å²) in [7, 11) is 0. The zero-order valence-electron chi connectivity index (χ0n) is 13.0. The highest BCUT2D eigenvalue weighted by atomic mass is 14.8. The van der Waals surface area contributed by atoms with Crippen LogP contribution >= 0.6 is 0 Å². The van der Waals surface area contributed by atoms with Crippen LogP contribution in [0.3, 0.4) is 0 Å². The van der Waals surface area contributed by atoms with Crippen LogP contribution < -0.4 is 5.32 Å². The van der Waals surface area contributed by atoms with E-state index in [0.29, 0.717) is 0 Å². The molecule has 1 unspecified atom stereocenters. The molecular formula is C19H27N. The molecule has 0 saturated carbocycles. The highest BCUT2D eigenvalue weighted by molar-refractivity contribution is 5.85. The highest BCUT2D eigenvalue weighted by Crippen LogP contribution is 2.22.